The molecule has 1 aromatic rings. The van der Waals surface area contributed by atoms with E-state index in [2.05, 4.69) is 28.7 Å². The molecule has 0 unspecified atom stereocenters. The molecule has 19 heavy (non-hydrogen) atoms. The third-order valence-corrected chi connectivity index (χ3v) is 4.90. The number of hydrogen-bond donors (Lipinski definition) is 1. The molecule has 1 fully saturated rings. The van der Waals surface area contributed by atoms with Crippen molar-refractivity contribution in [3.05, 3.63) is 17.5 Å². The topological polar surface area (TPSA) is 55.0 Å². The second-order valence-corrected chi connectivity index (χ2v) is 5.68. The van der Waals surface area contributed by atoms with Crippen LogP contribution in [0.5, 0.6) is 0 Å². The molecule has 0 aromatic carbocycles. The minimum Gasteiger partial charge on any atom is -0.341 e. The van der Waals surface area contributed by atoms with Crippen molar-refractivity contribution < 1.29 is 0 Å². The van der Waals surface area contributed by atoms with Gasteiger partial charge in [0.15, 0.2) is 0 Å². The van der Waals surface area contributed by atoms with Crippen LogP contribution in [0.4, 0.5) is 5.95 Å². The molecule has 106 valence electrons. The van der Waals surface area contributed by atoms with Gasteiger partial charge in [0.05, 0.1) is 0 Å². The van der Waals surface area contributed by atoms with Gasteiger partial charge in [-0.15, -0.1) is 0 Å². The van der Waals surface area contributed by atoms with Crippen LogP contribution in [0.25, 0.3) is 0 Å². The van der Waals surface area contributed by atoms with E-state index in [1.54, 1.807) is 0 Å². The molecule has 0 amide bonds. The Labute approximate surface area is 116 Å². The fraction of sp³-hybridized carbons (Fsp3) is 0.733. The van der Waals surface area contributed by atoms with Crippen LogP contribution in [-0.2, 0) is 6.54 Å². The summed E-state index contributed by atoms with van der Waals surface area (Å²) in [5.41, 5.74) is 8.25. The van der Waals surface area contributed by atoms with Crippen LogP contribution >= 0.6 is 0 Å². The maximum atomic E-state index is 5.66. The van der Waals surface area contributed by atoms with Crippen molar-refractivity contribution in [2.75, 3.05) is 18.0 Å². The van der Waals surface area contributed by atoms with E-state index in [1.165, 1.54) is 25.7 Å². The summed E-state index contributed by atoms with van der Waals surface area (Å²) in [4.78, 5) is 11.4. The number of nitrogens with two attached hydrogens (primary N) is 1. The summed E-state index contributed by atoms with van der Waals surface area (Å²) in [7, 11) is 0. The largest absolute Gasteiger partial charge is 0.341 e. The number of piperidine rings is 1. The van der Waals surface area contributed by atoms with Crippen molar-refractivity contribution in [3.8, 4) is 0 Å². The number of hydrogen-bond acceptors (Lipinski definition) is 4. The molecule has 2 N–H and O–H groups in total. The maximum Gasteiger partial charge on any atom is 0.225 e. The van der Waals surface area contributed by atoms with Crippen molar-refractivity contribution in [1.82, 2.24) is 9.97 Å². The molecule has 0 atom stereocenters. The van der Waals surface area contributed by atoms with Gasteiger partial charge >= 0.3 is 0 Å². The number of anilines is 1. The minimum absolute atomic E-state index is 0.515. The lowest BCUT2D eigenvalue weighted by molar-refractivity contribution is 0.198. The first-order valence-corrected chi connectivity index (χ1v) is 7.41. The summed E-state index contributed by atoms with van der Waals surface area (Å²) in [5.74, 6) is 0.871. The van der Waals surface area contributed by atoms with Gasteiger partial charge in [0.2, 0.25) is 5.95 Å². The summed E-state index contributed by atoms with van der Waals surface area (Å²) in [6, 6.07) is 0. The Morgan fingerprint density at radius 2 is 1.89 bits per heavy atom. The lowest BCUT2D eigenvalue weighted by atomic mass is 9.74. The smallest absolute Gasteiger partial charge is 0.225 e. The highest BCUT2D eigenvalue weighted by molar-refractivity contribution is 5.33. The van der Waals surface area contributed by atoms with E-state index in [0.29, 0.717) is 12.0 Å². The van der Waals surface area contributed by atoms with Gasteiger partial charge in [-0.3, -0.25) is 0 Å². The molecule has 0 saturated carbocycles. The molecule has 4 heteroatoms. The third-order valence-electron chi connectivity index (χ3n) is 4.90. The van der Waals surface area contributed by atoms with Crippen LogP contribution in [0.1, 0.15) is 50.8 Å². The fourth-order valence-corrected chi connectivity index (χ4v) is 2.97. The van der Waals surface area contributed by atoms with Crippen molar-refractivity contribution in [1.29, 1.82) is 0 Å². The van der Waals surface area contributed by atoms with Crippen LogP contribution in [0, 0.1) is 12.3 Å². The summed E-state index contributed by atoms with van der Waals surface area (Å²) in [6.07, 6.45) is 6.94. The first-order valence-electron chi connectivity index (χ1n) is 7.41. The van der Waals surface area contributed by atoms with Gasteiger partial charge in [-0.2, -0.15) is 0 Å². The number of nitrogens with zero attached hydrogens (tertiary/aromatic N) is 3. The molecule has 1 saturated heterocycles. The maximum absolute atomic E-state index is 5.66. The highest BCUT2D eigenvalue weighted by atomic mass is 15.3. The van der Waals surface area contributed by atoms with E-state index in [1.807, 2.05) is 13.1 Å². The van der Waals surface area contributed by atoms with Crippen LogP contribution < -0.4 is 10.6 Å². The fourth-order valence-electron chi connectivity index (χ4n) is 2.97. The summed E-state index contributed by atoms with van der Waals surface area (Å²) in [6.45, 7) is 9.30. The second-order valence-electron chi connectivity index (χ2n) is 5.68. The van der Waals surface area contributed by atoms with Crippen LogP contribution in [0.15, 0.2) is 6.20 Å². The number of rotatable bonds is 4. The molecule has 1 aromatic heterocycles. The van der Waals surface area contributed by atoms with Gasteiger partial charge in [0.1, 0.15) is 0 Å². The first kappa shape index (κ1) is 14.3. The van der Waals surface area contributed by atoms with E-state index < -0.39 is 0 Å². The van der Waals surface area contributed by atoms with Gasteiger partial charge in [-0.25, -0.2) is 9.97 Å². The Kier molecular flexibility index (Phi) is 4.40. The minimum atomic E-state index is 0.515. The molecule has 2 heterocycles. The van der Waals surface area contributed by atoms with Crippen molar-refractivity contribution in [3.63, 3.8) is 0 Å². The van der Waals surface area contributed by atoms with Crippen molar-refractivity contribution in [2.24, 2.45) is 11.1 Å². The van der Waals surface area contributed by atoms with Crippen molar-refractivity contribution >= 4 is 5.95 Å². The Morgan fingerprint density at radius 1 is 1.26 bits per heavy atom. The summed E-state index contributed by atoms with van der Waals surface area (Å²) < 4.78 is 0. The Morgan fingerprint density at radius 3 is 2.37 bits per heavy atom. The number of aromatic nitrogens is 2. The molecule has 0 spiro atoms. The zero-order valence-corrected chi connectivity index (χ0v) is 12.4. The highest BCUT2D eigenvalue weighted by Gasteiger charge is 2.31. The lowest BCUT2D eigenvalue weighted by Gasteiger charge is -2.41. The second kappa shape index (κ2) is 5.87. The molecule has 2 rings (SSSR count). The highest BCUT2D eigenvalue weighted by Crippen LogP contribution is 2.38. The monoisotopic (exact) mass is 262 g/mol. The Hall–Kier alpha value is -1.16. The van der Waals surface area contributed by atoms with Crippen LogP contribution in [-0.4, -0.2) is 23.1 Å². The van der Waals surface area contributed by atoms with E-state index in [4.69, 9.17) is 5.73 Å². The van der Waals surface area contributed by atoms with E-state index in [-0.39, 0.29) is 0 Å². The summed E-state index contributed by atoms with van der Waals surface area (Å²) in [5, 5.41) is 0. The zero-order valence-electron chi connectivity index (χ0n) is 12.4. The predicted molar refractivity (Wildman–Crippen MR) is 79.1 cm³/mol. The average molecular weight is 262 g/mol. The predicted octanol–water partition coefficient (Wildman–Crippen LogP) is 2.65. The normalized spacial score (nSPS) is 18.6. The Balaban J connectivity index is 2.07. The standard InChI is InChI=1S/C15H26N4/c1-4-15(5-2)6-8-19(9-7-15)14-17-11-13(10-16)12(3)18-14/h11H,4-10,16H2,1-3H3. The molecule has 0 radical (unpaired) electrons. The molecule has 1 aliphatic heterocycles. The van der Waals surface area contributed by atoms with Crippen LogP contribution in [0.2, 0.25) is 0 Å². The van der Waals surface area contributed by atoms with E-state index >= 15 is 0 Å². The van der Waals surface area contributed by atoms with Crippen LogP contribution in [0.3, 0.4) is 0 Å². The van der Waals surface area contributed by atoms with Gasteiger partial charge in [0.25, 0.3) is 0 Å². The molecular weight excluding hydrogens is 236 g/mol. The molecule has 0 aliphatic carbocycles. The first-order chi connectivity index (χ1) is 9.14. The van der Waals surface area contributed by atoms with E-state index in [0.717, 1.165) is 30.3 Å². The SMILES string of the molecule is CCC1(CC)CCN(c2ncc(CN)c(C)n2)CC1. The van der Waals surface area contributed by atoms with Gasteiger partial charge in [-0.1, -0.05) is 26.7 Å². The van der Waals surface area contributed by atoms with Gasteiger partial charge in [-0.05, 0) is 25.2 Å². The number of aryl methyl sites for hydroxylation is 1. The zero-order chi connectivity index (χ0) is 13.9. The summed E-state index contributed by atoms with van der Waals surface area (Å²) >= 11 is 0. The van der Waals surface area contributed by atoms with Gasteiger partial charge in [0, 0.05) is 37.1 Å². The average Bonchev–Trinajstić information content (AvgIpc) is 2.47. The third kappa shape index (κ3) is 2.89. The molecule has 0 bridgehead atoms. The molecule has 1 aliphatic rings. The van der Waals surface area contributed by atoms with E-state index in [9.17, 15) is 0 Å². The quantitative estimate of drug-likeness (QED) is 0.906. The van der Waals surface area contributed by atoms with Crippen molar-refractivity contribution in [2.45, 2.75) is 53.0 Å². The molecular formula is C15H26N4. The Bertz CT molecular complexity index is 416. The molecule has 4 nitrogen and oxygen atoms in total. The lowest BCUT2D eigenvalue weighted by Crippen LogP contribution is -2.40. The van der Waals surface area contributed by atoms with Gasteiger partial charge < -0.3 is 10.6 Å².